The minimum absolute atomic E-state index is 0.558. The number of guanidine groups is 1. The van der Waals surface area contributed by atoms with Gasteiger partial charge in [-0.2, -0.15) is 0 Å². The molecule has 1 aromatic carbocycles. The molecule has 22 heavy (non-hydrogen) atoms. The van der Waals surface area contributed by atoms with Crippen molar-refractivity contribution in [3.63, 3.8) is 0 Å². The minimum atomic E-state index is 0.558. The number of para-hydroxylation sites is 1. The lowest BCUT2D eigenvalue weighted by molar-refractivity contribution is 0.278. The number of methoxy groups -OCH3 is 1. The van der Waals surface area contributed by atoms with Gasteiger partial charge in [-0.05, 0) is 38.9 Å². The third-order valence-electron chi connectivity index (χ3n) is 3.74. The summed E-state index contributed by atoms with van der Waals surface area (Å²) in [7, 11) is 5.63. The van der Waals surface area contributed by atoms with Gasteiger partial charge in [0.15, 0.2) is 5.96 Å². The number of benzene rings is 1. The number of rotatable bonds is 8. The van der Waals surface area contributed by atoms with Crippen LogP contribution in [-0.2, 0) is 6.42 Å². The SMILES string of the molecule is CN=C(NCCc1ccccc1OC)NCCN(C)C(C)C. The van der Waals surface area contributed by atoms with Gasteiger partial charge in [0.25, 0.3) is 0 Å². The average molecular weight is 306 g/mol. The molecule has 0 radical (unpaired) electrons. The molecule has 2 N–H and O–H groups in total. The third kappa shape index (κ3) is 6.35. The van der Waals surface area contributed by atoms with Crippen molar-refractivity contribution >= 4 is 5.96 Å². The van der Waals surface area contributed by atoms with E-state index in [1.165, 1.54) is 5.56 Å². The van der Waals surface area contributed by atoms with Crippen LogP contribution in [0.15, 0.2) is 29.3 Å². The molecule has 5 heteroatoms. The van der Waals surface area contributed by atoms with Gasteiger partial charge in [-0.3, -0.25) is 4.99 Å². The topological polar surface area (TPSA) is 48.9 Å². The van der Waals surface area contributed by atoms with E-state index in [0.717, 1.165) is 37.8 Å². The van der Waals surface area contributed by atoms with E-state index in [1.54, 1.807) is 14.2 Å². The van der Waals surface area contributed by atoms with Crippen LogP contribution < -0.4 is 15.4 Å². The first-order valence-corrected chi connectivity index (χ1v) is 7.85. The summed E-state index contributed by atoms with van der Waals surface area (Å²) < 4.78 is 5.36. The van der Waals surface area contributed by atoms with Crippen LogP contribution in [0.3, 0.4) is 0 Å². The molecule has 0 fully saturated rings. The first-order chi connectivity index (χ1) is 10.6. The molecule has 0 saturated carbocycles. The van der Waals surface area contributed by atoms with Gasteiger partial charge in [0.1, 0.15) is 5.75 Å². The molecule has 124 valence electrons. The Morgan fingerprint density at radius 3 is 2.55 bits per heavy atom. The zero-order valence-corrected chi connectivity index (χ0v) is 14.5. The molecule has 0 spiro atoms. The normalized spacial score (nSPS) is 11.9. The van der Waals surface area contributed by atoms with Crippen molar-refractivity contribution in [3.05, 3.63) is 29.8 Å². The molecule has 0 aliphatic rings. The molecule has 0 amide bonds. The fraction of sp³-hybridized carbons (Fsp3) is 0.588. The highest BCUT2D eigenvalue weighted by Crippen LogP contribution is 2.17. The average Bonchev–Trinajstić information content (AvgIpc) is 2.53. The highest BCUT2D eigenvalue weighted by atomic mass is 16.5. The van der Waals surface area contributed by atoms with E-state index in [0.29, 0.717) is 6.04 Å². The molecular formula is C17H30N4O. The highest BCUT2D eigenvalue weighted by molar-refractivity contribution is 5.79. The van der Waals surface area contributed by atoms with Gasteiger partial charge >= 0.3 is 0 Å². The number of nitrogens with one attached hydrogen (secondary N) is 2. The van der Waals surface area contributed by atoms with Gasteiger partial charge < -0.3 is 20.3 Å². The fourth-order valence-corrected chi connectivity index (χ4v) is 2.05. The van der Waals surface area contributed by atoms with E-state index in [9.17, 15) is 0 Å². The third-order valence-corrected chi connectivity index (χ3v) is 3.74. The zero-order chi connectivity index (χ0) is 16.4. The second-order valence-electron chi connectivity index (χ2n) is 5.56. The number of ether oxygens (including phenoxy) is 1. The maximum Gasteiger partial charge on any atom is 0.191 e. The van der Waals surface area contributed by atoms with Crippen LogP contribution in [0.25, 0.3) is 0 Å². The second kappa shape index (κ2) is 10.1. The van der Waals surface area contributed by atoms with Crippen molar-refractivity contribution in [1.82, 2.24) is 15.5 Å². The first-order valence-electron chi connectivity index (χ1n) is 7.85. The summed E-state index contributed by atoms with van der Waals surface area (Å²) in [5.74, 6) is 1.78. The summed E-state index contributed by atoms with van der Waals surface area (Å²) in [6, 6.07) is 8.66. The summed E-state index contributed by atoms with van der Waals surface area (Å²) in [6.07, 6.45) is 0.899. The number of hydrogen-bond donors (Lipinski definition) is 2. The van der Waals surface area contributed by atoms with Crippen molar-refractivity contribution < 1.29 is 4.74 Å². The minimum Gasteiger partial charge on any atom is -0.496 e. The molecule has 0 aromatic heterocycles. The number of hydrogen-bond acceptors (Lipinski definition) is 3. The van der Waals surface area contributed by atoms with Crippen molar-refractivity contribution in [1.29, 1.82) is 0 Å². The Labute approximate surface area is 134 Å². The molecule has 1 aromatic rings. The standard InChI is InChI=1S/C17H30N4O/c1-14(2)21(4)13-12-20-17(18-3)19-11-10-15-8-6-7-9-16(15)22-5/h6-9,14H,10-13H2,1-5H3,(H2,18,19,20). The molecule has 0 unspecified atom stereocenters. The van der Waals surface area contributed by atoms with E-state index in [2.05, 4.69) is 47.5 Å². The monoisotopic (exact) mass is 306 g/mol. The number of likely N-dealkylation sites (N-methyl/N-ethyl adjacent to an activating group) is 1. The van der Waals surface area contributed by atoms with E-state index in [-0.39, 0.29) is 0 Å². The lowest BCUT2D eigenvalue weighted by Gasteiger charge is -2.21. The molecule has 0 heterocycles. The van der Waals surface area contributed by atoms with Crippen LogP contribution in [-0.4, -0.2) is 57.7 Å². The maximum absolute atomic E-state index is 5.36. The quantitative estimate of drug-likeness (QED) is 0.567. The number of nitrogens with zero attached hydrogens (tertiary/aromatic N) is 2. The van der Waals surface area contributed by atoms with E-state index in [4.69, 9.17) is 4.74 Å². The van der Waals surface area contributed by atoms with Crippen molar-refractivity contribution in [2.75, 3.05) is 40.8 Å². The predicted molar refractivity (Wildman–Crippen MR) is 93.8 cm³/mol. The summed E-state index contributed by atoms with van der Waals surface area (Å²) in [5.41, 5.74) is 1.20. The fourth-order valence-electron chi connectivity index (χ4n) is 2.05. The Balaban J connectivity index is 2.32. The van der Waals surface area contributed by atoms with E-state index in [1.807, 2.05) is 18.2 Å². The van der Waals surface area contributed by atoms with Crippen LogP contribution in [0.1, 0.15) is 19.4 Å². The van der Waals surface area contributed by atoms with E-state index >= 15 is 0 Å². The Kier molecular flexibility index (Phi) is 8.36. The van der Waals surface area contributed by atoms with Crippen LogP contribution in [0.5, 0.6) is 5.75 Å². The summed E-state index contributed by atoms with van der Waals surface area (Å²) in [4.78, 5) is 6.55. The largest absolute Gasteiger partial charge is 0.496 e. The van der Waals surface area contributed by atoms with Crippen LogP contribution in [0.4, 0.5) is 0 Å². The van der Waals surface area contributed by atoms with Gasteiger partial charge in [0, 0.05) is 32.7 Å². The van der Waals surface area contributed by atoms with Gasteiger partial charge in [-0.1, -0.05) is 18.2 Å². The second-order valence-corrected chi connectivity index (χ2v) is 5.56. The zero-order valence-electron chi connectivity index (χ0n) is 14.5. The Morgan fingerprint density at radius 2 is 1.91 bits per heavy atom. The van der Waals surface area contributed by atoms with Crippen LogP contribution in [0, 0.1) is 0 Å². The summed E-state index contributed by atoms with van der Waals surface area (Å²) in [6.45, 7) is 7.08. The Morgan fingerprint density at radius 1 is 1.23 bits per heavy atom. The van der Waals surface area contributed by atoms with Crippen LogP contribution in [0.2, 0.25) is 0 Å². The van der Waals surface area contributed by atoms with Crippen LogP contribution >= 0.6 is 0 Å². The molecule has 0 aliphatic carbocycles. The van der Waals surface area contributed by atoms with Crippen molar-refractivity contribution in [3.8, 4) is 5.75 Å². The first kappa shape index (κ1) is 18.3. The molecule has 5 nitrogen and oxygen atoms in total. The predicted octanol–water partition coefficient (Wildman–Crippen LogP) is 1.74. The van der Waals surface area contributed by atoms with Gasteiger partial charge in [0.2, 0.25) is 0 Å². The van der Waals surface area contributed by atoms with Crippen molar-refractivity contribution in [2.45, 2.75) is 26.3 Å². The summed E-state index contributed by atoms with van der Waals surface area (Å²) in [5, 5.41) is 6.67. The lowest BCUT2D eigenvalue weighted by Crippen LogP contribution is -2.42. The van der Waals surface area contributed by atoms with Gasteiger partial charge in [-0.25, -0.2) is 0 Å². The molecular weight excluding hydrogens is 276 g/mol. The molecule has 1 rings (SSSR count). The maximum atomic E-state index is 5.36. The smallest absolute Gasteiger partial charge is 0.191 e. The molecule has 0 bridgehead atoms. The summed E-state index contributed by atoms with van der Waals surface area (Å²) >= 11 is 0. The van der Waals surface area contributed by atoms with Gasteiger partial charge in [-0.15, -0.1) is 0 Å². The highest BCUT2D eigenvalue weighted by Gasteiger charge is 2.04. The lowest BCUT2D eigenvalue weighted by atomic mass is 10.1. The van der Waals surface area contributed by atoms with Gasteiger partial charge in [0.05, 0.1) is 7.11 Å². The Bertz CT molecular complexity index is 460. The van der Waals surface area contributed by atoms with E-state index < -0.39 is 0 Å². The molecule has 0 aliphatic heterocycles. The molecule has 0 saturated heterocycles. The van der Waals surface area contributed by atoms with Crippen molar-refractivity contribution in [2.24, 2.45) is 4.99 Å². The molecule has 0 atom stereocenters. The number of aliphatic imine (C=N–C) groups is 1. The Hall–Kier alpha value is -1.75.